The second kappa shape index (κ2) is 5.17. The van der Waals surface area contributed by atoms with Crippen LogP contribution >= 0.6 is 23.1 Å². The van der Waals surface area contributed by atoms with Crippen LogP contribution in [0.4, 0.5) is 0 Å². The Morgan fingerprint density at radius 3 is 2.89 bits per heavy atom. The van der Waals surface area contributed by atoms with Crippen molar-refractivity contribution in [3.63, 3.8) is 0 Å². The molecule has 96 valence electrons. The third-order valence-electron chi connectivity index (χ3n) is 3.30. The summed E-state index contributed by atoms with van der Waals surface area (Å²) in [6.45, 7) is 0.123. The fourth-order valence-electron chi connectivity index (χ4n) is 2.05. The van der Waals surface area contributed by atoms with Crippen LogP contribution in [-0.4, -0.2) is 28.0 Å². The van der Waals surface area contributed by atoms with Crippen LogP contribution in [0.15, 0.2) is 28.6 Å². The molecule has 3 nitrogen and oxygen atoms in total. The lowest BCUT2D eigenvalue weighted by atomic mass is 10.1. The van der Waals surface area contributed by atoms with Crippen LogP contribution in [0.5, 0.6) is 0 Å². The van der Waals surface area contributed by atoms with Crippen molar-refractivity contribution in [2.45, 2.75) is 28.5 Å². The van der Waals surface area contributed by atoms with Crippen LogP contribution < -0.4 is 5.73 Å². The van der Waals surface area contributed by atoms with Crippen LogP contribution in [0, 0.1) is 5.92 Å². The normalized spacial score (nSPS) is 19.0. The molecule has 2 atom stereocenters. The molecule has 1 aromatic heterocycles. The first-order valence-corrected chi connectivity index (χ1v) is 7.86. The molecule has 18 heavy (non-hydrogen) atoms. The highest BCUT2D eigenvalue weighted by Crippen LogP contribution is 2.39. The molecule has 1 heterocycles. The Hall–Kier alpha value is -0.620. The third kappa shape index (κ3) is 2.54. The van der Waals surface area contributed by atoms with E-state index in [1.54, 1.807) is 23.1 Å². The van der Waals surface area contributed by atoms with Gasteiger partial charge in [0.25, 0.3) is 0 Å². The Balaban J connectivity index is 1.77. The van der Waals surface area contributed by atoms with Gasteiger partial charge in [-0.3, -0.25) is 0 Å². The summed E-state index contributed by atoms with van der Waals surface area (Å²) < 4.78 is 2.20. The van der Waals surface area contributed by atoms with Gasteiger partial charge in [-0.1, -0.05) is 23.9 Å². The fourth-order valence-corrected chi connectivity index (χ4v) is 4.45. The quantitative estimate of drug-likeness (QED) is 0.826. The monoisotopic (exact) mass is 280 g/mol. The second-order valence-corrected chi connectivity index (χ2v) is 7.22. The lowest BCUT2D eigenvalue weighted by Gasteiger charge is -2.19. The molecule has 0 spiro atoms. The Morgan fingerprint density at radius 1 is 1.44 bits per heavy atom. The molecular formula is C13H16N2OS2. The molecule has 3 N–H and O–H groups in total. The van der Waals surface area contributed by atoms with Gasteiger partial charge in [-0.25, -0.2) is 4.98 Å². The number of hydrogen-bond acceptors (Lipinski definition) is 5. The average molecular weight is 280 g/mol. The minimum Gasteiger partial charge on any atom is -0.395 e. The maximum atomic E-state index is 9.49. The third-order valence-corrected chi connectivity index (χ3v) is 5.73. The van der Waals surface area contributed by atoms with Gasteiger partial charge in [-0.2, -0.15) is 0 Å². The number of aliphatic hydroxyl groups is 1. The van der Waals surface area contributed by atoms with Crippen LogP contribution in [0.2, 0.25) is 0 Å². The first-order chi connectivity index (χ1) is 8.78. The van der Waals surface area contributed by atoms with Crippen molar-refractivity contribution in [1.82, 2.24) is 4.98 Å². The predicted octanol–water partition coefficient (Wildman–Crippen LogP) is 2.49. The van der Waals surface area contributed by atoms with E-state index in [4.69, 9.17) is 5.73 Å². The molecule has 0 aliphatic heterocycles. The number of para-hydroxylation sites is 1. The number of nitrogens with zero attached hydrogens (tertiary/aromatic N) is 1. The number of thioether (sulfide) groups is 1. The molecule has 1 saturated carbocycles. The van der Waals surface area contributed by atoms with Gasteiger partial charge in [0.05, 0.1) is 22.1 Å². The molecule has 0 radical (unpaired) electrons. The van der Waals surface area contributed by atoms with E-state index in [1.165, 1.54) is 17.5 Å². The Kier molecular flexibility index (Phi) is 3.56. The number of hydrogen-bond donors (Lipinski definition) is 2. The van der Waals surface area contributed by atoms with E-state index in [-0.39, 0.29) is 17.9 Å². The zero-order valence-electron chi connectivity index (χ0n) is 9.95. The van der Waals surface area contributed by atoms with Crippen LogP contribution in [0.25, 0.3) is 10.2 Å². The Labute approximate surface area is 114 Å². The summed E-state index contributed by atoms with van der Waals surface area (Å²) in [5.74, 6) is 0.601. The van der Waals surface area contributed by atoms with Crippen molar-refractivity contribution in [3.05, 3.63) is 24.3 Å². The minimum atomic E-state index is 0.0677. The van der Waals surface area contributed by atoms with Crippen molar-refractivity contribution in [2.24, 2.45) is 11.7 Å². The zero-order valence-corrected chi connectivity index (χ0v) is 11.6. The molecule has 0 amide bonds. The molecule has 5 heteroatoms. The number of aromatic nitrogens is 1. The van der Waals surface area contributed by atoms with Gasteiger partial charge in [-0.05, 0) is 30.9 Å². The van der Waals surface area contributed by atoms with Crippen molar-refractivity contribution < 1.29 is 5.11 Å². The highest BCUT2D eigenvalue weighted by molar-refractivity contribution is 8.01. The first kappa shape index (κ1) is 12.4. The predicted molar refractivity (Wildman–Crippen MR) is 77.1 cm³/mol. The van der Waals surface area contributed by atoms with E-state index in [0.717, 1.165) is 9.86 Å². The largest absolute Gasteiger partial charge is 0.395 e. The topological polar surface area (TPSA) is 59.1 Å². The average Bonchev–Trinajstić information content (AvgIpc) is 3.15. The summed E-state index contributed by atoms with van der Waals surface area (Å²) in [6, 6.07) is 8.20. The molecule has 2 aromatic rings. The molecule has 1 aliphatic carbocycles. The van der Waals surface area contributed by atoms with Crippen molar-refractivity contribution in [3.8, 4) is 0 Å². The van der Waals surface area contributed by atoms with Crippen molar-refractivity contribution in [1.29, 1.82) is 0 Å². The lowest BCUT2D eigenvalue weighted by molar-refractivity contribution is 0.277. The van der Waals surface area contributed by atoms with Crippen molar-refractivity contribution in [2.75, 3.05) is 6.61 Å². The zero-order chi connectivity index (χ0) is 12.5. The number of nitrogens with two attached hydrogens (primary N) is 1. The van der Waals surface area contributed by atoms with E-state index in [2.05, 4.69) is 11.1 Å². The molecule has 3 rings (SSSR count). The van der Waals surface area contributed by atoms with Gasteiger partial charge in [-0.15, -0.1) is 11.3 Å². The molecular weight excluding hydrogens is 264 g/mol. The highest BCUT2D eigenvalue weighted by atomic mass is 32.2. The van der Waals surface area contributed by atoms with Gasteiger partial charge in [0.1, 0.15) is 0 Å². The molecule has 0 bridgehead atoms. The summed E-state index contributed by atoms with van der Waals surface area (Å²) in [5, 5.41) is 9.55. The van der Waals surface area contributed by atoms with Crippen molar-refractivity contribution >= 4 is 33.3 Å². The highest BCUT2D eigenvalue weighted by Gasteiger charge is 2.34. The number of rotatable bonds is 5. The summed E-state index contributed by atoms with van der Waals surface area (Å²) in [5.41, 5.74) is 7.20. The van der Waals surface area contributed by atoms with E-state index >= 15 is 0 Å². The number of thiazole rings is 1. The standard InChI is InChI=1S/C13H16N2OS2/c14-12(8-5-6-8)11(7-16)18-13-15-9-3-1-2-4-10(9)17-13/h1-4,8,11-12,16H,5-7,14H2. The fraction of sp³-hybridized carbons (Fsp3) is 0.462. The van der Waals surface area contributed by atoms with E-state index < -0.39 is 0 Å². The summed E-state index contributed by atoms with van der Waals surface area (Å²) in [4.78, 5) is 4.58. The Morgan fingerprint density at radius 2 is 2.22 bits per heavy atom. The lowest BCUT2D eigenvalue weighted by Crippen LogP contribution is -2.36. The van der Waals surface area contributed by atoms with Gasteiger partial charge in [0, 0.05) is 6.04 Å². The van der Waals surface area contributed by atoms with Crippen LogP contribution in [0.3, 0.4) is 0 Å². The molecule has 1 fully saturated rings. The van der Waals surface area contributed by atoms with Gasteiger partial charge < -0.3 is 10.8 Å². The van der Waals surface area contributed by atoms with Gasteiger partial charge in [0.2, 0.25) is 0 Å². The molecule has 0 saturated heterocycles. The first-order valence-electron chi connectivity index (χ1n) is 6.16. The van der Waals surface area contributed by atoms with E-state index in [1.807, 2.05) is 18.2 Å². The molecule has 1 aromatic carbocycles. The Bertz CT molecular complexity index is 506. The van der Waals surface area contributed by atoms with Crippen LogP contribution in [0.1, 0.15) is 12.8 Å². The summed E-state index contributed by atoms with van der Waals surface area (Å²) in [6.07, 6.45) is 2.41. The second-order valence-electron chi connectivity index (χ2n) is 4.70. The van der Waals surface area contributed by atoms with Crippen LogP contribution in [-0.2, 0) is 0 Å². The SMILES string of the molecule is NC(C1CC1)C(CO)Sc1nc2ccccc2s1. The molecule has 2 unspecified atom stereocenters. The number of aliphatic hydroxyl groups excluding tert-OH is 1. The summed E-state index contributed by atoms with van der Waals surface area (Å²) >= 11 is 3.30. The minimum absolute atomic E-state index is 0.0677. The maximum absolute atomic E-state index is 9.49. The smallest absolute Gasteiger partial charge is 0.151 e. The van der Waals surface area contributed by atoms with E-state index in [0.29, 0.717) is 5.92 Å². The van der Waals surface area contributed by atoms with Gasteiger partial charge >= 0.3 is 0 Å². The maximum Gasteiger partial charge on any atom is 0.151 e. The molecule has 1 aliphatic rings. The summed E-state index contributed by atoms with van der Waals surface area (Å²) in [7, 11) is 0. The van der Waals surface area contributed by atoms with E-state index in [9.17, 15) is 5.11 Å². The number of fused-ring (bicyclic) bond motifs is 1. The van der Waals surface area contributed by atoms with Gasteiger partial charge in [0.15, 0.2) is 4.34 Å². The number of benzene rings is 1.